The Hall–Kier alpha value is -3.46. The molecule has 0 unspecified atom stereocenters. The van der Waals surface area contributed by atoms with Crippen molar-refractivity contribution in [2.45, 2.75) is 11.3 Å². The fraction of sp³-hybridized carbons (Fsp3) is 0.105. The van der Waals surface area contributed by atoms with Gasteiger partial charge in [-0.2, -0.15) is 0 Å². The molecule has 0 radical (unpaired) electrons. The molecule has 0 fully saturated rings. The van der Waals surface area contributed by atoms with Gasteiger partial charge in [0.05, 0.1) is 5.69 Å². The Morgan fingerprint density at radius 1 is 1.21 bits per heavy atom. The molecule has 3 aromatic rings. The lowest BCUT2D eigenvalue weighted by Crippen LogP contribution is -2.23. The summed E-state index contributed by atoms with van der Waals surface area (Å²) < 4.78 is 27.4. The van der Waals surface area contributed by atoms with Gasteiger partial charge in [0, 0.05) is 36.3 Å². The van der Waals surface area contributed by atoms with E-state index in [9.17, 15) is 18.0 Å². The Balaban J connectivity index is 2.13. The van der Waals surface area contributed by atoms with Gasteiger partial charge in [0.25, 0.3) is 10.0 Å². The first kappa shape index (κ1) is 19.3. The molecule has 2 aromatic heterocycles. The van der Waals surface area contributed by atoms with Crippen molar-refractivity contribution < 1.29 is 23.1 Å². The molecule has 0 aliphatic carbocycles. The molecule has 1 amide bonds. The molecule has 0 saturated carbocycles. The summed E-state index contributed by atoms with van der Waals surface area (Å²) in [5, 5.41) is 11.0. The number of aromatic nitrogens is 2. The molecule has 3 rings (SSSR count). The molecule has 28 heavy (non-hydrogen) atoms. The summed E-state index contributed by atoms with van der Waals surface area (Å²) in [6.07, 6.45) is 3.95. The van der Waals surface area contributed by atoms with Gasteiger partial charge < -0.3 is 10.4 Å². The van der Waals surface area contributed by atoms with Crippen LogP contribution in [-0.2, 0) is 16.4 Å². The third-order valence-electron chi connectivity index (χ3n) is 4.09. The van der Waals surface area contributed by atoms with E-state index in [1.54, 1.807) is 30.3 Å². The van der Waals surface area contributed by atoms with E-state index in [1.165, 1.54) is 30.7 Å². The van der Waals surface area contributed by atoms with Crippen LogP contribution in [0.2, 0.25) is 0 Å². The number of nitrogens with one attached hydrogen (secondary N) is 1. The highest BCUT2D eigenvalue weighted by molar-refractivity contribution is 7.90. The number of pyridine rings is 1. The minimum atomic E-state index is -3.96. The van der Waals surface area contributed by atoms with Crippen LogP contribution in [0.1, 0.15) is 15.9 Å². The zero-order valence-electron chi connectivity index (χ0n) is 14.6. The summed E-state index contributed by atoms with van der Waals surface area (Å²) >= 11 is 0. The fourth-order valence-electron chi connectivity index (χ4n) is 2.79. The third kappa shape index (κ3) is 3.94. The smallest absolute Gasteiger partial charge is 0.404 e. The Kier molecular flexibility index (Phi) is 5.55. The van der Waals surface area contributed by atoms with Crippen LogP contribution in [0.3, 0.4) is 0 Å². The third-order valence-corrected chi connectivity index (χ3v) is 5.74. The number of benzene rings is 1. The molecule has 2 N–H and O–H groups in total. The SMILES string of the molecule is O=Cc1ccccc1-c1cc(CCNC(=O)O)cn1S(=O)(=O)c1cccnc1. The monoisotopic (exact) mass is 399 g/mol. The Morgan fingerprint density at radius 2 is 2.00 bits per heavy atom. The lowest BCUT2D eigenvalue weighted by molar-refractivity contribution is 0.112. The summed E-state index contributed by atoms with van der Waals surface area (Å²) in [5.41, 5.74) is 1.73. The molecule has 0 aliphatic rings. The lowest BCUT2D eigenvalue weighted by Gasteiger charge is -2.11. The molecule has 0 bridgehead atoms. The molecule has 9 heteroatoms. The van der Waals surface area contributed by atoms with Crippen molar-refractivity contribution >= 4 is 22.4 Å². The van der Waals surface area contributed by atoms with Crippen LogP contribution in [0.25, 0.3) is 11.3 Å². The highest BCUT2D eigenvalue weighted by atomic mass is 32.2. The Labute approximate surface area is 161 Å². The largest absolute Gasteiger partial charge is 0.465 e. The number of rotatable bonds is 7. The summed E-state index contributed by atoms with van der Waals surface area (Å²) in [6, 6.07) is 11.3. The Bertz CT molecular complexity index is 1110. The molecule has 0 saturated heterocycles. The van der Waals surface area contributed by atoms with Crippen molar-refractivity contribution in [1.29, 1.82) is 0 Å². The molecule has 144 valence electrons. The van der Waals surface area contributed by atoms with E-state index in [1.807, 2.05) is 0 Å². The number of nitrogens with zero attached hydrogens (tertiary/aromatic N) is 2. The molecule has 0 spiro atoms. The second kappa shape index (κ2) is 8.05. The number of aldehydes is 1. The van der Waals surface area contributed by atoms with Crippen molar-refractivity contribution in [2.24, 2.45) is 0 Å². The van der Waals surface area contributed by atoms with Crippen molar-refractivity contribution in [3.05, 3.63) is 72.2 Å². The molecular formula is C19H17N3O5S. The second-order valence-electron chi connectivity index (χ2n) is 5.91. The van der Waals surface area contributed by atoms with E-state index in [2.05, 4.69) is 10.3 Å². The number of amides is 1. The highest BCUT2D eigenvalue weighted by Crippen LogP contribution is 2.29. The predicted molar refractivity (Wildman–Crippen MR) is 102 cm³/mol. The maximum atomic E-state index is 13.1. The number of hydrogen-bond donors (Lipinski definition) is 2. The summed E-state index contributed by atoms with van der Waals surface area (Å²) in [4.78, 5) is 26.0. The van der Waals surface area contributed by atoms with Gasteiger partial charge in [0.1, 0.15) is 4.90 Å². The molecule has 0 atom stereocenters. The van der Waals surface area contributed by atoms with Gasteiger partial charge in [-0.05, 0) is 30.2 Å². The quantitative estimate of drug-likeness (QED) is 0.589. The van der Waals surface area contributed by atoms with Gasteiger partial charge in [-0.15, -0.1) is 0 Å². The number of hydrogen-bond acceptors (Lipinski definition) is 5. The van der Waals surface area contributed by atoms with Crippen molar-refractivity contribution in [1.82, 2.24) is 14.3 Å². The fourth-order valence-corrected chi connectivity index (χ4v) is 4.14. The maximum Gasteiger partial charge on any atom is 0.404 e. The zero-order valence-corrected chi connectivity index (χ0v) is 15.5. The van der Waals surface area contributed by atoms with Gasteiger partial charge in [-0.3, -0.25) is 9.78 Å². The van der Waals surface area contributed by atoms with Crippen LogP contribution in [-0.4, -0.2) is 41.4 Å². The maximum absolute atomic E-state index is 13.1. The van der Waals surface area contributed by atoms with E-state index in [0.717, 1.165) is 3.97 Å². The average molecular weight is 399 g/mol. The van der Waals surface area contributed by atoms with Gasteiger partial charge in [-0.1, -0.05) is 24.3 Å². The van der Waals surface area contributed by atoms with Crippen LogP contribution in [0.5, 0.6) is 0 Å². The standard InChI is InChI=1S/C19H17N3O5S/c23-13-15-4-1-2-6-17(15)18-10-14(7-9-21-19(24)25)12-22(18)28(26,27)16-5-3-8-20-11-16/h1-6,8,10-13,21H,7,9H2,(H,24,25). The van der Waals surface area contributed by atoms with Crippen LogP contribution in [0.15, 0.2) is 66.0 Å². The first-order valence-electron chi connectivity index (χ1n) is 8.31. The van der Waals surface area contributed by atoms with Crippen LogP contribution in [0.4, 0.5) is 4.79 Å². The topological polar surface area (TPSA) is 118 Å². The van der Waals surface area contributed by atoms with E-state index < -0.39 is 16.1 Å². The van der Waals surface area contributed by atoms with Crippen LogP contribution in [0, 0.1) is 0 Å². The summed E-state index contributed by atoms with van der Waals surface area (Å²) in [6.45, 7) is 0.126. The predicted octanol–water partition coefficient (Wildman–Crippen LogP) is 2.41. The highest BCUT2D eigenvalue weighted by Gasteiger charge is 2.23. The van der Waals surface area contributed by atoms with Crippen LogP contribution < -0.4 is 5.32 Å². The second-order valence-corrected chi connectivity index (χ2v) is 7.73. The molecule has 2 heterocycles. The molecule has 1 aromatic carbocycles. The molecule has 8 nitrogen and oxygen atoms in total. The number of carbonyl (C=O) groups excluding carboxylic acids is 1. The minimum Gasteiger partial charge on any atom is -0.465 e. The van der Waals surface area contributed by atoms with E-state index in [0.29, 0.717) is 28.7 Å². The van der Waals surface area contributed by atoms with Crippen molar-refractivity contribution in [2.75, 3.05) is 6.54 Å². The van der Waals surface area contributed by atoms with E-state index >= 15 is 0 Å². The minimum absolute atomic E-state index is 0.00523. The van der Waals surface area contributed by atoms with E-state index in [4.69, 9.17) is 5.11 Å². The molecule has 0 aliphatic heterocycles. The van der Waals surface area contributed by atoms with Crippen LogP contribution >= 0.6 is 0 Å². The van der Waals surface area contributed by atoms with Gasteiger partial charge in [-0.25, -0.2) is 17.2 Å². The van der Waals surface area contributed by atoms with Gasteiger partial charge in [0.15, 0.2) is 6.29 Å². The number of carbonyl (C=O) groups is 2. The van der Waals surface area contributed by atoms with E-state index in [-0.39, 0.29) is 17.9 Å². The Morgan fingerprint density at radius 3 is 2.68 bits per heavy atom. The first-order chi connectivity index (χ1) is 13.4. The van der Waals surface area contributed by atoms with Gasteiger partial charge in [0.2, 0.25) is 0 Å². The first-order valence-corrected chi connectivity index (χ1v) is 9.75. The zero-order chi connectivity index (χ0) is 20.1. The van der Waals surface area contributed by atoms with Crippen molar-refractivity contribution in [3.63, 3.8) is 0 Å². The summed E-state index contributed by atoms with van der Waals surface area (Å²) in [7, 11) is -3.96. The summed E-state index contributed by atoms with van der Waals surface area (Å²) in [5.74, 6) is 0. The number of carboxylic acid groups (broad SMARTS) is 1. The lowest BCUT2D eigenvalue weighted by atomic mass is 10.1. The molecular weight excluding hydrogens is 382 g/mol. The average Bonchev–Trinajstić information content (AvgIpc) is 3.13. The van der Waals surface area contributed by atoms with Gasteiger partial charge >= 0.3 is 6.09 Å². The van der Waals surface area contributed by atoms with Crippen molar-refractivity contribution in [3.8, 4) is 11.3 Å². The normalized spacial score (nSPS) is 11.1.